The number of carboxylic acids is 1. The van der Waals surface area contributed by atoms with Crippen LogP contribution in [0, 0.1) is 17.2 Å². The Hall–Kier alpha value is -3.01. The second kappa shape index (κ2) is 9.20. The first-order valence-corrected chi connectivity index (χ1v) is 7.39. The average molecular weight is 331 g/mol. The zero-order valence-electron chi connectivity index (χ0n) is 13.9. The first-order valence-electron chi connectivity index (χ1n) is 7.39. The van der Waals surface area contributed by atoms with Crippen LogP contribution >= 0.6 is 0 Å². The highest BCUT2D eigenvalue weighted by Crippen LogP contribution is 2.12. The van der Waals surface area contributed by atoms with Crippen molar-refractivity contribution < 1.29 is 19.4 Å². The third-order valence-corrected chi connectivity index (χ3v) is 3.27. The third kappa shape index (κ3) is 5.65. The Kier molecular flexibility index (Phi) is 7.30. The summed E-state index contributed by atoms with van der Waals surface area (Å²) in [6.45, 7) is 3.74. The van der Waals surface area contributed by atoms with Crippen molar-refractivity contribution in [3.05, 3.63) is 41.6 Å². The SMILES string of the molecule is COc1cccc(CN/C=C(/C#N)C(=O)NC(C(=O)O)C(C)C)c1. The minimum Gasteiger partial charge on any atom is -0.497 e. The molecule has 0 bridgehead atoms. The number of nitriles is 1. The van der Waals surface area contributed by atoms with Gasteiger partial charge in [0, 0.05) is 12.7 Å². The van der Waals surface area contributed by atoms with Crippen LogP contribution in [0.15, 0.2) is 36.0 Å². The summed E-state index contributed by atoms with van der Waals surface area (Å²) in [6.07, 6.45) is 1.27. The van der Waals surface area contributed by atoms with Gasteiger partial charge in [0.1, 0.15) is 23.4 Å². The number of hydrogen-bond acceptors (Lipinski definition) is 5. The standard InChI is InChI=1S/C17H21N3O4/c1-11(2)15(17(22)23)20-16(21)13(8-18)10-19-9-12-5-4-6-14(7-12)24-3/h4-7,10-11,15,19H,9H2,1-3H3,(H,20,21)(H,22,23)/b13-10-. The molecule has 7 heteroatoms. The van der Waals surface area contributed by atoms with Crippen LogP contribution in [0.1, 0.15) is 19.4 Å². The number of methoxy groups -OCH3 is 1. The maximum atomic E-state index is 12.0. The first kappa shape index (κ1) is 19.0. The van der Waals surface area contributed by atoms with Gasteiger partial charge in [0.2, 0.25) is 0 Å². The second-order valence-corrected chi connectivity index (χ2v) is 5.44. The number of carboxylic acid groups (broad SMARTS) is 1. The molecule has 0 radical (unpaired) electrons. The smallest absolute Gasteiger partial charge is 0.326 e. The van der Waals surface area contributed by atoms with Crippen LogP contribution < -0.4 is 15.4 Å². The predicted molar refractivity (Wildman–Crippen MR) is 87.9 cm³/mol. The van der Waals surface area contributed by atoms with E-state index in [-0.39, 0.29) is 11.5 Å². The normalized spacial score (nSPS) is 12.2. The van der Waals surface area contributed by atoms with Gasteiger partial charge in [-0.25, -0.2) is 4.79 Å². The van der Waals surface area contributed by atoms with E-state index in [2.05, 4.69) is 10.6 Å². The lowest BCUT2D eigenvalue weighted by Gasteiger charge is -2.17. The summed E-state index contributed by atoms with van der Waals surface area (Å²) in [4.78, 5) is 23.1. The molecule has 1 aromatic rings. The van der Waals surface area contributed by atoms with Crippen LogP contribution in [-0.4, -0.2) is 30.1 Å². The summed E-state index contributed by atoms with van der Waals surface area (Å²) < 4.78 is 5.11. The number of carbonyl (C=O) groups is 2. The molecule has 0 saturated heterocycles. The van der Waals surface area contributed by atoms with E-state index >= 15 is 0 Å². The summed E-state index contributed by atoms with van der Waals surface area (Å²) in [7, 11) is 1.57. The van der Waals surface area contributed by atoms with Crippen molar-refractivity contribution in [2.45, 2.75) is 26.4 Å². The Morgan fingerprint density at radius 3 is 2.67 bits per heavy atom. The Balaban J connectivity index is 2.71. The number of aliphatic carboxylic acids is 1. The molecule has 0 aliphatic carbocycles. The van der Waals surface area contributed by atoms with E-state index in [9.17, 15) is 9.59 Å². The van der Waals surface area contributed by atoms with E-state index in [1.165, 1.54) is 6.20 Å². The summed E-state index contributed by atoms with van der Waals surface area (Å²) >= 11 is 0. The summed E-state index contributed by atoms with van der Waals surface area (Å²) in [5, 5.41) is 23.4. The van der Waals surface area contributed by atoms with E-state index in [0.29, 0.717) is 12.3 Å². The van der Waals surface area contributed by atoms with Crippen molar-refractivity contribution in [1.82, 2.24) is 10.6 Å². The molecular weight excluding hydrogens is 310 g/mol. The monoisotopic (exact) mass is 331 g/mol. The highest BCUT2D eigenvalue weighted by Gasteiger charge is 2.24. The van der Waals surface area contributed by atoms with Gasteiger partial charge in [0.15, 0.2) is 0 Å². The van der Waals surface area contributed by atoms with Crippen LogP contribution in [0.5, 0.6) is 5.75 Å². The quantitative estimate of drug-likeness (QED) is 0.491. The Labute approximate surface area is 140 Å². The second-order valence-electron chi connectivity index (χ2n) is 5.44. The van der Waals surface area contributed by atoms with Gasteiger partial charge in [-0.1, -0.05) is 26.0 Å². The molecule has 1 rings (SSSR count). The fourth-order valence-electron chi connectivity index (χ4n) is 1.93. The molecule has 0 saturated carbocycles. The van der Waals surface area contributed by atoms with Crippen LogP contribution in [0.25, 0.3) is 0 Å². The van der Waals surface area contributed by atoms with Gasteiger partial charge in [-0.2, -0.15) is 5.26 Å². The van der Waals surface area contributed by atoms with E-state index in [1.807, 2.05) is 24.3 Å². The number of benzene rings is 1. The van der Waals surface area contributed by atoms with Gasteiger partial charge in [0.05, 0.1) is 7.11 Å². The van der Waals surface area contributed by atoms with E-state index in [1.54, 1.807) is 27.0 Å². The minimum atomic E-state index is -1.14. The molecule has 0 heterocycles. The zero-order valence-corrected chi connectivity index (χ0v) is 13.9. The van der Waals surface area contributed by atoms with Crippen molar-refractivity contribution in [2.75, 3.05) is 7.11 Å². The average Bonchev–Trinajstić information content (AvgIpc) is 2.56. The predicted octanol–water partition coefficient (Wildman–Crippen LogP) is 1.42. The van der Waals surface area contributed by atoms with Crippen molar-refractivity contribution in [1.29, 1.82) is 5.26 Å². The van der Waals surface area contributed by atoms with Crippen LogP contribution in [-0.2, 0) is 16.1 Å². The molecule has 1 aromatic carbocycles. The molecule has 0 spiro atoms. The molecule has 0 aliphatic heterocycles. The molecule has 7 nitrogen and oxygen atoms in total. The lowest BCUT2D eigenvalue weighted by molar-refractivity contribution is -0.142. The van der Waals surface area contributed by atoms with Crippen molar-refractivity contribution in [3.63, 3.8) is 0 Å². The van der Waals surface area contributed by atoms with E-state index in [4.69, 9.17) is 15.1 Å². The molecule has 1 atom stereocenters. The number of amides is 1. The van der Waals surface area contributed by atoms with Crippen molar-refractivity contribution in [2.24, 2.45) is 5.92 Å². The molecular formula is C17H21N3O4. The summed E-state index contributed by atoms with van der Waals surface area (Å²) in [6, 6.07) is 8.05. The molecule has 1 amide bonds. The molecule has 0 aromatic heterocycles. The number of rotatable bonds is 8. The highest BCUT2D eigenvalue weighted by atomic mass is 16.5. The number of carbonyl (C=O) groups excluding carboxylic acids is 1. The molecule has 128 valence electrons. The molecule has 1 unspecified atom stereocenters. The lowest BCUT2D eigenvalue weighted by Crippen LogP contribution is -2.44. The number of hydrogen-bond donors (Lipinski definition) is 3. The molecule has 0 aliphatic rings. The van der Waals surface area contributed by atoms with Gasteiger partial charge >= 0.3 is 5.97 Å². The van der Waals surface area contributed by atoms with E-state index < -0.39 is 17.9 Å². The van der Waals surface area contributed by atoms with Gasteiger partial charge in [0.25, 0.3) is 5.91 Å². The fraction of sp³-hybridized carbons (Fsp3) is 0.353. The highest BCUT2D eigenvalue weighted by molar-refractivity contribution is 5.99. The van der Waals surface area contributed by atoms with Gasteiger partial charge in [-0.3, -0.25) is 4.79 Å². The summed E-state index contributed by atoms with van der Waals surface area (Å²) in [5.74, 6) is -1.45. The maximum absolute atomic E-state index is 12.0. The molecule has 0 fully saturated rings. The van der Waals surface area contributed by atoms with Gasteiger partial charge in [-0.05, 0) is 23.6 Å². The first-order chi connectivity index (χ1) is 11.4. The summed E-state index contributed by atoms with van der Waals surface area (Å²) in [5.41, 5.74) is 0.721. The Morgan fingerprint density at radius 2 is 2.12 bits per heavy atom. The number of nitrogens with zero attached hydrogens (tertiary/aromatic N) is 1. The molecule has 24 heavy (non-hydrogen) atoms. The lowest BCUT2D eigenvalue weighted by atomic mass is 10.0. The van der Waals surface area contributed by atoms with Gasteiger partial charge < -0.3 is 20.5 Å². The van der Waals surface area contributed by atoms with Crippen LogP contribution in [0.2, 0.25) is 0 Å². The Bertz CT molecular complexity index is 662. The zero-order chi connectivity index (χ0) is 18.1. The maximum Gasteiger partial charge on any atom is 0.326 e. The Morgan fingerprint density at radius 1 is 1.42 bits per heavy atom. The van der Waals surface area contributed by atoms with E-state index in [0.717, 1.165) is 5.56 Å². The number of ether oxygens (including phenoxy) is 1. The largest absolute Gasteiger partial charge is 0.497 e. The number of nitrogens with one attached hydrogen (secondary N) is 2. The van der Waals surface area contributed by atoms with Crippen molar-refractivity contribution in [3.8, 4) is 11.8 Å². The van der Waals surface area contributed by atoms with Crippen LogP contribution in [0.3, 0.4) is 0 Å². The minimum absolute atomic E-state index is 0.190. The van der Waals surface area contributed by atoms with Crippen molar-refractivity contribution >= 4 is 11.9 Å². The fourth-order valence-corrected chi connectivity index (χ4v) is 1.93. The topological polar surface area (TPSA) is 111 Å². The van der Waals surface area contributed by atoms with Crippen LogP contribution in [0.4, 0.5) is 0 Å². The van der Waals surface area contributed by atoms with Gasteiger partial charge in [-0.15, -0.1) is 0 Å². The molecule has 3 N–H and O–H groups in total. The third-order valence-electron chi connectivity index (χ3n) is 3.27.